The van der Waals surface area contributed by atoms with Gasteiger partial charge in [-0.25, -0.2) is 12.7 Å². The molecule has 0 spiro atoms. The van der Waals surface area contributed by atoms with Crippen molar-refractivity contribution in [1.29, 1.82) is 0 Å². The summed E-state index contributed by atoms with van der Waals surface area (Å²) in [6.07, 6.45) is 3.52. The Morgan fingerprint density at radius 2 is 2.04 bits per heavy atom. The van der Waals surface area contributed by atoms with Crippen molar-refractivity contribution in [2.75, 3.05) is 26.0 Å². The maximum atomic E-state index is 12.7. The highest BCUT2D eigenvalue weighted by molar-refractivity contribution is 7.89. The molecule has 0 aromatic heterocycles. The minimum atomic E-state index is -3.70. The van der Waals surface area contributed by atoms with Gasteiger partial charge in [-0.2, -0.15) is 0 Å². The highest BCUT2D eigenvalue weighted by atomic mass is 35.5. The first-order valence-corrected chi connectivity index (χ1v) is 10.3. The number of amides is 1. The maximum absolute atomic E-state index is 12.7. The number of nitrogens with one attached hydrogen (secondary N) is 1. The molecule has 0 saturated heterocycles. The Balaban J connectivity index is 0.00000364. The Hall–Kier alpha value is -1.35. The zero-order valence-electron chi connectivity index (χ0n) is 16.3. The van der Waals surface area contributed by atoms with Crippen LogP contribution in [0.1, 0.15) is 39.5 Å². The van der Waals surface area contributed by atoms with Gasteiger partial charge < -0.3 is 15.8 Å². The molecule has 27 heavy (non-hydrogen) atoms. The number of benzene rings is 1. The number of anilines is 1. The zero-order chi connectivity index (χ0) is 19.5. The topological polar surface area (TPSA) is 102 Å². The average molecular weight is 420 g/mol. The lowest BCUT2D eigenvalue weighted by Gasteiger charge is -2.37. The number of rotatable bonds is 6. The second-order valence-corrected chi connectivity index (χ2v) is 9.30. The van der Waals surface area contributed by atoms with Gasteiger partial charge in [0.05, 0.1) is 12.5 Å². The monoisotopic (exact) mass is 419 g/mol. The predicted molar refractivity (Wildman–Crippen MR) is 109 cm³/mol. The van der Waals surface area contributed by atoms with Gasteiger partial charge in [-0.05, 0) is 44.9 Å². The molecule has 1 aromatic carbocycles. The minimum absolute atomic E-state index is 0. The number of hydrogen-bond donors (Lipinski definition) is 2. The van der Waals surface area contributed by atoms with Crippen LogP contribution in [0.15, 0.2) is 23.1 Å². The van der Waals surface area contributed by atoms with Gasteiger partial charge in [-0.15, -0.1) is 12.4 Å². The summed E-state index contributed by atoms with van der Waals surface area (Å²) < 4.78 is 31.7. The molecule has 2 atom stereocenters. The molecule has 2 rings (SSSR count). The number of sulfonamides is 1. The number of carbonyl (C=O) groups excluding carboxylic acids is 1. The number of nitrogens with two attached hydrogens (primary N) is 1. The highest BCUT2D eigenvalue weighted by Gasteiger charge is 2.38. The molecular formula is C18H30ClN3O4S. The van der Waals surface area contributed by atoms with E-state index in [9.17, 15) is 13.2 Å². The van der Waals surface area contributed by atoms with E-state index in [1.807, 2.05) is 6.92 Å². The van der Waals surface area contributed by atoms with Crippen LogP contribution in [0, 0.1) is 5.92 Å². The van der Waals surface area contributed by atoms with Crippen LogP contribution in [0.4, 0.5) is 5.69 Å². The lowest BCUT2D eigenvalue weighted by molar-refractivity contribution is -0.122. The molecule has 0 radical (unpaired) electrons. The summed E-state index contributed by atoms with van der Waals surface area (Å²) in [5.41, 5.74) is 6.16. The molecule has 1 aliphatic rings. The second kappa shape index (κ2) is 9.23. The fourth-order valence-electron chi connectivity index (χ4n) is 3.28. The Kier molecular flexibility index (Phi) is 8.10. The fraction of sp³-hybridized carbons (Fsp3) is 0.611. The van der Waals surface area contributed by atoms with Gasteiger partial charge in [0, 0.05) is 25.3 Å². The van der Waals surface area contributed by atoms with Crippen LogP contribution in [0.5, 0.6) is 5.75 Å². The first-order valence-electron chi connectivity index (χ1n) is 8.88. The molecule has 0 aliphatic heterocycles. The normalized spacial score (nSPS) is 22.8. The van der Waals surface area contributed by atoms with Crippen LogP contribution in [0.25, 0.3) is 0 Å². The molecule has 1 saturated carbocycles. The molecule has 2 unspecified atom stereocenters. The number of carbonyl (C=O) groups is 1. The van der Waals surface area contributed by atoms with Crippen LogP contribution in [0.2, 0.25) is 0 Å². The summed E-state index contributed by atoms with van der Waals surface area (Å²) in [5, 5.41) is 2.83. The van der Waals surface area contributed by atoms with E-state index in [0.717, 1.165) is 30.0 Å². The van der Waals surface area contributed by atoms with Gasteiger partial charge >= 0.3 is 0 Å². The van der Waals surface area contributed by atoms with E-state index in [1.54, 1.807) is 19.1 Å². The maximum Gasteiger partial charge on any atom is 0.246 e. The third-order valence-electron chi connectivity index (χ3n) is 4.84. The molecule has 1 amide bonds. The molecule has 9 heteroatoms. The average Bonchev–Trinajstić information content (AvgIpc) is 2.55. The summed E-state index contributed by atoms with van der Waals surface area (Å²) in [7, 11) is -0.790. The minimum Gasteiger partial charge on any atom is -0.492 e. The predicted octanol–water partition coefficient (Wildman–Crippen LogP) is 2.60. The van der Waals surface area contributed by atoms with Gasteiger partial charge in [-0.1, -0.05) is 12.8 Å². The smallest absolute Gasteiger partial charge is 0.246 e. The molecule has 1 fully saturated rings. The van der Waals surface area contributed by atoms with E-state index in [1.165, 1.54) is 20.2 Å². The fourth-order valence-corrected chi connectivity index (χ4v) is 4.33. The van der Waals surface area contributed by atoms with Crippen LogP contribution in [-0.4, -0.2) is 44.9 Å². The summed E-state index contributed by atoms with van der Waals surface area (Å²) >= 11 is 0. The molecular weight excluding hydrogens is 390 g/mol. The van der Waals surface area contributed by atoms with Gasteiger partial charge in [-0.3, -0.25) is 4.79 Å². The Labute approximate surface area is 168 Å². The second-order valence-electron chi connectivity index (χ2n) is 7.18. The van der Waals surface area contributed by atoms with Gasteiger partial charge in [0.1, 0.15) is 10.6 Å². The lowest BCUT2D eigenvalue weighted by Crippen LogP contribution is -2.51. The molecule has 154 valence electrons. The molecule has 3 N–H and O–H groups in total. The van der Waals surface area contributed by atoms with Crippen LogP contribution in [0.3, 0.4) is 0 Å². The number of nitrogens with zero attached hydrogens (tertiary/aromatic N) is 1. The third kappa shape index (κ3) is 5.34. The van der Waals surface area contributed by atoms with E-state index in [2.05, 4.69) is 5.32 Å². The summed E-state index contributed by atoms with van der Waals surface area (Å²) in [6, 6.07) is 4.65. The van der Waals surface area contributed by atoms with E-state index >= 15 is 0 Å². The SMILES string of the molecule is CCOc1ccc(NC(=O)C2CCCCC2(C)N)cc1S(=O)(=O)N(C)C.Cl. The summed E-state index contributed by atoms with van der Waals surface area (Å²) in [4.78, 5) is 12.7. The van der Waals surface area contributed by atoms with Crippen molar-refractivity contribution in [3.05, 3.63) is 18.2 Å². The van der Waals surface area contributed by atoms with Crippen molar-refractivity contribution < 1.29 is 17.9 Å². The van der Waals surface area contributed by atoms with Crippen molar-refractivity contribution in [2.24, 2.45) is 11.7 Å². The van der Waals surface area contributed by atoms with Gasteiger partial charge in [0.15, 0.2) is 0 Å². The summed E-state index contributed by atoms with van der Waals surface area (Å²) in [6.45, 7) is 4.03. The third-order valence-corrected chi connectivity index (χ3v) is 6.68. The Bertz CT molecular complexity index is 766. The molecule has 1 aromatic rings. The van der Waals surface area contributed by atoms with Crippen molar-refractivity contribution in [3.8, 4) is 5.75 Å². The van der Waals surface area contributed by atoms with Gasteiger partial charge in [0.25, 0.3) is 0 Å². The first kappa shape index (κ1) is 23.7. The summed E-state index contributed by atoms with van der Waals surface area (Å²) in [5.74, 6) is -0.204. The molecule has 0 heterocycles. The van der Waals surface area contributed by atoms with Crippen LogP contribution < -0.4 is 15.8 Å². The lowest BCUT2D eigenvalue weighted by atomic mass is 9.74. The van der Waals surface area contributed by atoms with Crippen LogP contribution >= 0.6 is 12.4 Å². The standard InChI is InChI=1S/C18H29N3O4S.ClH/c1-5-25-15-10-9-13(12-16(15)26(23,24)21(3)4)20-17(22)14-8-6-7-11-18(14,2)19;/h9-10,12,14H,5-8,11,19H2,1-4H3,(H,20,22);1H. The van der Waals surface area contributed by atoms with Crippen molar-refractivity contribution in [2.45, 2.75) is 50.0 Å². The van der Waals surface area contributed by atoms with Crippen LogP contribution in [-0.2, 0) is 14.8 Å². The van der Waals surface area contributed by atoms with Crippen molar-refractivity contribution >= 4 is 34.0 Å². The number of hydrogen-bond acceptors (Lipinski definition) is 5. The van der Waals surface area contributed by atoms with E-state index in [4.69, 9.17) is 10.5 Å². The quantitative estimate of drug-likeness (QED) is 0.737. The van der Waals surface area contributed by atoms with Crippen molar-refractivity contribution in [3.63, 3.8) is 0 Å². The number of halogens is 1. The van der Waals surface area contributed by atoms with E-state index in [-0.39, 0.29) is 34.9 Å². The molecule has 0 bridgehead atoms. The molecule has 1 aliphatic carbocycles. The Morgan fingerprint density at radius 3 is 2.59 bits per heavy atom. The Morgan fingerprint density at radius 1 is 1.37 bits per heavy atom. The molecule has 7 nitrogen and oxygen atoms in total. The number of ether oxygens (including phenoxy) is 1. The highest BCUT2D eigenvalue weighted by Crippen LogP contribution is 2.34. The van der Waals surface area contributed by atoms with Gasteiger partial charge in [0.2, 0.25) is 15.9 Å². The largest absolute Gasteiger partial charge is 0.492 e. The zero-order valence-corrected chi connectivity index (χ0v) is 18.0. The van der Waals surface area contributed by atoms with E-state index < -0.39 is 15.6 Å². The first-order chi connectivity index (χ1) is 12.1. The van der Waals surface area contributed by atoms with E-state index in [0.29, 0.717) is 12.3 Å². The van der Waals surface area contributed by atoms with Crippen molar-refractivity contribution in [1.82, 2.24) is 4.31 Å².